The Morgan fingerprint density at radius 3 is 2.13 bits per heavy atom. The van der Waals surface area contributed by atoms with Crippen molar-refractivity contribution in [2.75, 3.05) is 13.7 Å². The average molecular weight is 608 g/mol. The van der Waals surface area contributed by atoms with Gasteiger partial charge in [0.05, 0.1) is 18.0 Å². The number of methoxy groups -OCH3 is 1. The molecule has 0 saturated carbocycles. The van der Waals surface area contributed by atoms with Crippen LogP contribution in [0.5, 0.6) is 17.2 Å². The van der Waals surface area contributed by atoms with Crippen molar-refractivity contribution in [3.8, 4) is 17.2 Å². The van der Waals surface area contributed by atoms with Gasteiger partial charge in [-0.05, 0) is 61.5 Å². The molecule has 0 saturated heterocycles. The van der Waals surface area contributed by atoms with Crippen LogP contribution < -0.4 is 8.92 Å². The molecule has 1 unspecified atom stereocenters. The Bertz CT molecular complexity index is 1530. The van der Waals surface area contributed by atoms with E-state index in [-0.39, 0.29) is 21.2 Å². The van der Waals surface area contributed by atoms with Crippen LogP contribution >= 0.6 is 11.6 Å². The van der Waals surface area contributed by atoms with Gasteiger partial charge in [-0.25, -0.2) is 8.42 Å². The van der Waals surface area contributed by atoms with Crippen LogP contribution in [0.25, 0.3) is 0 Å². The minimum absolute atomic E-state index is 0.0155. The van der Waals surface area contributed by atoms with E-state index in [2.05, 4.69) is 8.92 Å². The SMILES string of the molecule is COC(=O)CN(C(C)c1cc(Oc2ccccc2)ccc1OS(=O)(=O)C(F)(F)F)S(=O)(=O)c1ccc(Cl)cc1. The number of sulfonamides is 1. The van der Waals surface area contributed by atoms with Gasteiger partial charge in [0.1, 0.15) is 23.8 Å². The Morgan fingerprint density at radius 1 is 0.949 bits per heavy atom. The third-order valence-corrected chi connectivity index (χ3v) is 8.41. The van der Waals surface area contributed by atoms with Gasteiger partial charge >= 0.3 is 21.6 Å². The van der Waals surface area contributed by atoms with Gasteiger partial charge in [-0.15, -0.1) is 0 Å². The molecule has 3 aromatic carbocycles. The number of halogens is 4. The number of para-hydroxylation sites is 1. The lowest BCUT2D eigenvalue weighted by molar-refractivity contribution is -0.141. The molecule has 0 aliphatic rings. The predicted octanol–water partition coefficient (Wildman–Crippen LogP) is 5.29. The number of carbonyl (C=O) groups excluding carboxylic acids is 1. The summed E-state index contributed by atoms with van der Waals surface area (Å²) in [7, 11) is -9.65. The van der Waals surface area contributed by atoms with E-state index in [1.165, 1.54) is 19.1 Å². The molecule has 0 spiro atoms. The first kappa shape index (κ1) is 30.2. The number of ether oxygens (including phenoxy) is 2. The second-order valence-corrected chi connectivity index (χ2v) is 11.7. The van der Waals surface area contributed by atoms with Crippen molar-refractivity contribution < 1.29 is 48.5 Å². The van der Waals surface area contributed by atoms with Crippen molar-refractivity contribution in [1.29, 1.82) is 0 Å². The molecular weight excluding hydrogens is 587 g/mol. The van der Waals surface area contributed by atoms with Crippen LogP contribution in [0.3, 0.4) is 0 Å². The number of rotatable bonds is 10. The predicted molar refractivity (Wildman–Crippen MR) is 134 cm³/mol. The third kappa shape index (κ3) is 7.20. The van der Waals surface area contributed by atoms with E-state index in [9.17, 15) is 34.8 Å². The molecule has 0 heterocycles. The summed E-state index contributed by atoms with van der Waals surface area (Å²) in [6, 6.07) is 14.8. The topological polar surface area (TPSA) is 116 Å². The summed E-state index contributed by atoms with van der Waals surface area (Å²) in [6.07, 6.45) is 0. The van der Waals surface area contributed by atoms with E-state index in [0.29, 0.717) is 10.1 Å². The van der Waals surface area contributed by atoms with Crippen LogP contribution in [-0.4, -0.2) is 46.3 Å². The lowest BCUT2D eigenvalue weighted by Crippen LogP contribution is -2.38. The number of nitrogens with zero attached hydrogens (tertiary/aromatic N) is 1. The van der Waals surface area contributed by atoms with Gasteiger partial charge in [0.25, 0.3) is 0 Å². The first-order valence-electron chi connectivity index (χ1n) is 10.9. The number of benzene rings is 3. The first-order valence-corrected chi connectivity index (χ1v) is 14.1. The van der Waals surface area contributed by atoms with Crippen LogP contribution in [0.1, 0.15) is 18.5 Å². The molecule has 210 valence electrons. The average Bonchev–Trinajstić information content (AvgIpc) is 2.87. The molecule has 0 aliphatic heterocycles. The maximum atomic E-state index is 13.5. The van der Waals surface area contributed by atoms with Gasteiger partial charge in [0, 0.05) is 10.6 Å². The molecule has 1 atom stereocenters. The standard InChI is InChI=1S/C24H21ClF3NO8S2/c1-16(29(15-23(30)35-2)38(31,32)20-11-8-17(25)9-12-20)21-14-19(36-18-6-4-3-5-7-18)10-13-22(21)37-39(33,34)24(26,27)28/h3-14,16H,15H2,1-2H3. The number of hydrogen-bond acceptors (Lipinski definition) is 8. The fourth-order valence-corrected chi connectivity index (χ4v) is 5.47. The van der Waals surface area contributed by atoms with Gasteiger partial charge in [-0.2, -0.15) is 25.9 Å². The molecule has 3 rings (SSSR count). The molecule has 0 bridgehead atoms. The highest BCUT2D eigenvalue weighted by molar-refractivity contribution is 7.89. The summed E-state index contributed by atoms with van der Waals surface area (Å²) < 4.78 is 105. The minimum Gasteiger partial charge on any atom is -0.468 e. The lowest BCUT2D eigenvalue weighted by atomic mass is 10.1. The summed E-state index contributed by atoms with van der Waals surface area (Å²) >= 11 is 5.85. The maximum Gasteiger partial charge on any atom is 0.534 e. The summed E-state index contributed by atoms with van der Waals surface area (Å²) in [5.74, 6) is -1.49. The van der Waals surface area contributed by atoms with Gasteiger partial charge in [-0.3, -0.25) is 4.79 Å². The maximum absolute atomic E-state index is 13.5. The van der Waals surface area contributed by atoms with E-state index in [1.807, 2.05) is 0 Å². The van der Waals surface area contributed by atoms with Gasteiger partial charge in [0.15, 0.2) is 0 Å². The van der Waals surface area contributed by atoms with Crippen molar-refractivity contribution in [2.24, 2.45) is 0 Å². The molecule has 15 heteroatoms. The molecule has 0 amide bonds. The molecule has 0 N–H and O–H groups in total. The summed E-state index contributed by atoms with van der Waals surface area (Å²) in [5, 5.41) is 0.223. The zero-order chi connectivity index (χ0) is 29.0. The second kappa shape index (κ2) is 11.8. The number of esters is 1. The Hall–Kier alpha value is -3.33. The summed E-state index contributed by atoms with van der Waals surface area (Å²) in [5.41, 5.74) is -6.12. The Labute approximate surface area is 227 Å². The van der Waals surface area contributed by atoms with Crippen molar-refractivity contribution in [1.82, 2.24) is 4.31 Å². The highest BCUT2D eigenvalue weighted by Gasteiger charge is 2.49. The zero-order valence-corrected chi connectivity index (χ0v) is 22.6. The molecule has 0 fully saturated rings. The van der Waals surface area contributed by atoms with Crippen LogP contribution in [0.2, 0.25) is 5.02 Å². The Kier molecular flexibility index (Phi) is 9.16. The Balaban J connectivity index is 2.17. The van der Waals surface area contributed by atoms with Gasteiger partial charge in [-0.1, -0.05) is 29.8 Å². The van der Waals surface area contributed by atoms with Crippen molar-refractivity contribution in [2.45, 2.75) is 23.4 Å². The van der Waals surface area contributed by atoms with E-state index in [0.717, 1.165) is 37.4 Å². The van der Waals surface area contributed by atoms with Crippen LogP contribution in [0.4, 0.5) is 13.2 Å². The van der Waals surface area contributed by atoms with E-state index in [4.69, 9.17) is 16.3 Å². The molecule has 3 aromatic rings. The molecular formula is C24H21ClF3NO8S2. The fraction of sp³-hybridized carbons (Fsp3) is 0.208. The first-order chi connectivity index (χ1) is 18.2. The fourth-order valence-electron chi connectivity index (χ4n) is 3.30. The smallest absolute Gasteiger partial charge is 0.468 e. The number of carbonyl (C=O) groups is 1. The highest BCUT2D eigenvalue weighted by Crippen LogP contribution is 2.39. The van der Waals surface area contributed by atoms with Crippen molar-refractivity contribution in [3.05, 3.63) is 83.4 Å². The number of alkyl halides is 3. The zero-order valence-electron chi connectivity index (χ0n) is 20.3. The lowest BCUT2D eigenvalue weighted by Gasteiger charge is -2.29. The van der Waals surface area contributed by atoms with Crippen molar-refractivity contribution in [3.63, 3.8) is 0 Å². The van der Waals surface area contributed by atoms with Gasteiger partial charge in [0.2, 0.25) is 10.0 Å². The molecule has 0 aliphatic carbocycles. The van der Waals surface area contributed by atoms with Crippen LogP contribution in [-0.2, 0) is 29.7 Å². The van der Waals surface area contributed by atoms with Crippen LogP contribution in [0.15, 0.2) is 77.7 Å². The largest absolute Gasteiger partial charge is 0.534 e. The van der Waals surface area contributed by atoms with E-state index in [1.54, 1.807) is 30.3 Å². The van der Waals surface area contributed by atoms with Gasteiger partial charge < -0.3 is 13.7 Å². The van der Waals surface area contributed by atoms with E-state index < -0.39 is 50.0 Å². The van der Waals surface area contributed by atoms with Crippen molar-refractivity contribution >= 4 is 37.7 Å². The quantitative estimate of drug-likeness (QED) is 0.174. The normalized spacial score (nSPS) is 13.1. The molecule has 0 radical (unpaired) electrons. The van der Waals surface area contributed by atoms with E-state index >= 15 is 0 Å². The monoisotopic (exact) mass is 607 g/mol. The molecule has 9 nitrogen and oxygen atoms in total. The minimum atomic E-state index is -6.14. The number of hydrogen-bond donors (Lipinski definition) is 0. The third-order valence-electron chi connectivity index (χ3n) is 5.26. The summed E-state index contributed by atoms with van der Waals surface area (Å²) in [4.78, 5) is 11.9. The Morgan fingerprint density at radius 2 is 1.56 bits per heavy atom. The molecule has 39 heavy (non-hydrogen) atoms. The molecule has 0 aromatic heterocycles. The highest BCUT2D eigenvalue weighted by atomic mass is 35.5. The van der Waals surface area contributed by atoms with Crippen LogP contribution in [0, 0.1) is 0 Å². The summed E-state index contributed by atoms with van der Waals surface area (Å²) in [6.45, 7) is 0.350. The second-order valence-electron chi connectivity index (χ2n) is 7.85.